The van der Waals surface area contributed by atoms with Crippen LogP contribution in [0.4, 0.5) is 0 Å². The van der Waals surface area contributed by atoms with Crippen LogP contribution in [0.5, 0.6) is 5.75 Å². The van der Waals surface area contributed by atoms with Crippen molar-refractivity contribution in [3.8, 4) is 5.75 Å². The normalized spacial score (nSPS) is 12.4. The minimum absolute atomic E-state index is 0.238. The van der Waals surface area contributed by atoms with Gasteiger partial charge in [-0.1, -0.05) is 32.4 Å². The zero-order chi connectivity index (χ0) is 15.7. The molecule has 21 heavy (non-hydrogen) atoms. The first kappa shape index (κ1) is 18.0. The maximum atomic E-state index is 6.03. The van der Waals surface area contributed by atoms with E-state index in [2.05, 4.69) is 39.8 Å². The first-order chi connectivity index (χ1) is 10.1. The minimum Gasteiger partial charge on any atom is -0.491 e. The van der Waals surface area contributed by atoms with Crippen LogP contribution in [0.2, 0.25) is 0 Å². The second kappa shape index (κ2) is 9.80. The summed E-state index contributed by atoms with van der Waals surface area (Å²) in [4.78, 5) is 0. The summed E-state index contributed by atoms with van der Waals surface area (Å²) < 4.78 is 11.4. The van der Waals surface area contributed by atoms with Crippen molar-refractivity contribution >= 4 is 0 Å². The lowest BCUT2D eigenvalue weighted by molar-refractivity contribution is 0.0976. The van der Waals surface area contributed by atoms with E-state index in [9.17, 15) is 0 Å². The van der Waals surface area contributed by atoms with Crippen LogP contribution in [0.25, 0.3) is 0 Å². The van der Waals surface area contributed by atoms with Gasteiger partial charge in [0, 0.05) is 12.6 Å². The second-order valence-electron chi connectivity index (χ2n) is 5.75. The summed E-state index contributed by atoms with van der Waals surface area (Å²) in [5.41, 5.74) is 9.70. The number of rotatable bonds is 10. The topological polar surface area (TPSA) is 44.5 Å². The predicted molar refractivity (Wildman–Crippen MR) is 89.1 cm³/mol. The Kier molecular flexibility index (Phi) is 8.40. The maximum absolute atomic E-state index is 6.03. The van der Waals surface area contributed by atoms with Crippen LogP contribution in [-0.2, 0) is 11.2 Å². The van der Waals surface area contributed by atoms with E-state index in [0.717, 1.165) is 31.6 Å². The summed E-state index contributed by atoms with van der Waals surface area (Å²) in [5.74, 6) is 0.989. The highest BCUT2D eigenvalue weighted by atomic mass is 16.5. The van der Waals surface area contributed by atoms with E-state index in [1.807, 2.05) is 0 Å². The van der Waals surface area contributed by atoms with Crippen molar-refractivity contribution in [2.75, 3.05) is 19.8 Å². The molecule has 120 valence electrons. The third-order valence-electron chi connectivity index (χ3n) is 3.66. The average Bonchev–Trinajstić information content (AvgIpc) is 2.44. The van der Waals surface area contributed by atoms with Gasteiger partial charge in [0.25, 0.3) is 0 Å². The standard InChI is InChI=1S/C18H31NO2/c1-5-7-8-20-9-10-21-18-14(3)11-16(12-15(18)4)13-17(19)6-2/h11-12,17H,5-10,13,19H2,1-4H3. The van der Waals surface area contributed by atoms with Crippen LogP contribution in [0.15, 0.2) is 12.1 Å². The molecule has 0 aliphatic heterocycles. The van der Waals surface area contributed by atoms with Crippen molar-refractivity contribution in [2.45, 2.75) is 59.4 Å². The molecule has 0 saturated carbocycles. The molecular formula is C18H31NO2. The Morgan fingerprint density at radius 1 is 1.05 bits per heavy atom. The lowest BCUT2D eigenvalue weighted by atomic mass is 9.99. The molecule has 1 atom stereocenters. The van der Waals surface area contributed by atoms with Crippen molar-refractivity contribution in [1.82, 2.24) is 0 Å². The van der Waals surface area contributed by atoms with Crippen LogP contribution in [0, 0.1) is 13.8 Å². The van der Waals surface area contributed by atoms with Crippen molar-refractivity contribution in [2.24, 2.45) is 5.73 Å². The summed E-state index contributed by atoms with van der Waals surface area (Å²) >= 11 is 0. The summed E-state index contributed by atoms with van der Waals surface area (Å²) in [7, 11) is 0. The maximum Gasteiger partial charge on any atom is 0.125 e. The lowest BCUT2D eigenvalue weighted by Gasteiger charge is -2.16. The Balaban J connectivity index is 2.51. The Morgan fingerprint density at radius 2 is 1.71 bits per heavy atom. The molecule has 3 nitrogen and oxygen atoms in total. The van der Waals surface area contributed by atoms with Crippen LogP contribution in [0.1, 0.15) is 49.8 Å². The Labute approximate surface area is 129 Å². The smallest absolute Gasteiger partial charge is 0.125 e. The zero-order valence-corrected chi connectivity index (χ0v) is 14.1. The van der Waals surface area contributed by atoms with E-state index in [4.69, 9.17) is 15.2 Å². The molecule has 2 N–H and O–H groups in total. The second-order valence-corrected chi connectivity index (χ2v) is 5.75. The van der Waals surface area contributed by atoms with Gasteiger partial charge in [-0.05, 0) is 49.8 Å². The molecule has 1 unspecified atom stereocenters. The molecule has 1 aromatic carbocycles. The molecule has 0 fully saturated rings. The molecule has 0 bridgehead atoms. The van der Waals surface area contributed by atoms with E-state index in [1.165, 1.54) is 23.1 Å². The molecule has 1 rings (SSSR count). The number of unbranched alkanes of at least 4 members (excludes halogenated alkanes) is 1. The quantitative estimate of drug-likeness (QED) is 0.668. The fourth-order valence-corrected chi connectivity index (χ4v) is 2.38. The van der Waals surface area contributed by atoms with Gasteiger partial charge in [-0.3, -0.25) is 0 Å². The van der Waals surface area contributed by atoms with Gasteiger partial charge in [0.15, 0.2) is 0 Å². The van der Waals surface area contributed by atoms with Gasteiger partial charge < -0.3 is 15.2 Å². The zero-order valence-electron chi connectivity index (χ0n) is 14.1. The Bertz CT molecular complexity index is 395. The SMILES string of the molecule is CCCCOCCOc1c(C)cc(CC(N)CC)cc1C. The molecule has 0 radical (unpaired) electrons. The van der Waals surface area contributed by atoms with E-state index in [0.29, 0.717) is 13.2 Å². The lowest BCUT2D eigenvalue weighted by Crippen LogP contribution is -2.21. The third-order valence-corrected chi connectivity index (χ3v) is 3.66. The number of nitrogens with two attached hydrogens (primary N) is 1. The van der Waals surface area contributed by atoms with Gasteiger partial charge >= 0.3 is 0 Å². The summed E-state index contributed by atoms with van der Waals surface area (Å²) in [6, 6.07) is 4.62. The largest absolute Gasteiger partial charge is 0.491 e. The van der Waals surface area contributed by atoms with Crippen molar-refractivity contribution in [3.05, 3.63) is 28.8 Å². The Hall–Kier alpha value is -1.06. The van der Waals surface area contributed by atoms with Gasteiger partial charge in [0.1, 0.15) is 12.4 Å². The molecular weight excluding hydrogens is 262 g/mol. The molecule has 0 aliphatic rings. The van der Waals surface area contributed by atoms with E-state index in [1.54, 1.807) is 0 Å². The number of aryl methyl sites for hydroxylation is 2. The number of hydrogen-bond acceptors (Lipinski definition) is 3. The van der Waals surface area contributed by atoms with Gasteiger partial charge in [-0.15, -0.1) is 0 Å². The summed E-state index contributed by atoms with van der Waals surface area (Å²) in [5, 5.41) is 0. The fraction of sp³-hybridized carbons (Fsp3) is 0.667. The first-order valence-corrected chi connectivity index (χ1v) is 8.14. The molecule has 3 heteroatoms. The third kappa shape index (κ3) is 6.49. The van der Waals surface area contributed by atoms with E-state index in [-0.39, 0.29) is 6.04 Å². The van der Waals surface area contributed by atoms with Crippen molar-refractivity contribution in [3.63, 3.8) is 0 Å². The summed E-state index contributed by atoms with van der Waals surface area (Å²) in [6.07, 6.45) is 4.22. The van der Waals surface area contributed by atoms with E-state index < -0.39 is 0 Å². The van der Waals surface area contributed by atoms with Crippen LogP contribution < -0.4 is 10.5 Å². The average molecular weight is 293 g/mol. The fourth-order valence-electron chi connectivity index (χ4n) is 2.38. The monoisotopic (exact) mass is 293 g/mol. The molecule has 0 spiro atoms. The number of benzene rings is 1. The summed E-state index contributed by atoms with van der Waals surface area (Å²) in [6.45, 7) is 10.6. The van der Waals surface area contributed by atoms with Gasteiger partial charge in [-0.25, -0.2) is 0 Å². The highest BCUT2D eigenvalue weighted by molar-refractivity contribution is 5.43. The Morgan fingerprint density at radius 3 is 2.29 bits per heavy atom. The highest BCUT2D eigenvalue weighted by Crippen LogP contribution is 2.25. The minimum atomic E-state index is 0.238. The number of hydrogen-bond donors (Lipinski definition) is 1. The highest BCUT2D eigenvalue weighted by Gasteiger charge is 2.08. The van der Waals surface area contributed by atoms with Crippen molar-refractivity contribution < 1.29 is 9.47 Å². The predicted octanol–water partition coefficient (Wildman–Crippen LogP) is 3.78. The van der Waals surface area contributed by atoms with Crippen molar-refractivity contribution in [1.29, 1.82) is 0 Å². The molecule has 0 amide bonds. The van der Waals surface area contributed by atoms with Crippen LogP contribution in [-0.4, -0.2) is 25.9 Å². The molecule has 0 heterocycles. The van der Waals surface area contributed by atoms with Gasteiger partial charge in [-0.2, -0.15) is 0 Å². The van der Waals surface area contributed by atoms with Gasteiger partial charge in [0.2, 0.25) is 0 Å². The number of ether oxygens (including phenoxy) is 2. The molecule has 0 aliphatic carbocycles. The van der Waals surface area contributed by atoms with E-state index >= 15 is 0 Å². The molecule has 1 aromatic rings. The van der Waals surface area contributed by atoms with Crippen LogP contribution >= 0.6 is 0 Å². The van der Waals surface area contributed by atoms with Crippen LogP contribution in [0.3, 0.4) is 0 Å². The first-order valence-electron chi connectivity index (χ1n) is 8.14. The van der Waals surface area contributed by atoms with Gasteiger partial charge in [0.05, 0.1) is 6.61 Å². The molecule has 0 aromatic heterocycles. The molecule has 0 saturated heterocycles.